The van der Waals surface area contributed by atoms with E-state index in [1.54, 1.807) is 0 Å². The molecule has 6 nitrogen and oxygen atoms in total. The second-order valence-corrected chi connectivity index (χ2v) is 18.5. The molecule has 1 unspecified atom stereocenters. The highest BCUT2D eigenvalue weighted by Crippen LogP contribution is 2.15. The van der Waals surface area contributed by atoms with Gasteiger partial charge in [0.25, 0.3) is 0 Å². The zero-order valence-corrected chi connectivity index (χ0v) is 44.8. The van der Waals surface area contributed by atoms with Crippen molar-refractivity contribution >= 4 is 17.9 Å². The van der Waals surface area contributed by atoms with Crippen LogP contribution in [0.1, 0.15) is 252 Å². The third-order valence-electron chi connectivity index (χ3n) is 11.8. The van der Waals surface area contributed by atoms with Crippen LogP contribution < -0.4 is 0 Å². The Bertz CT molecular complexity index is 1420. The van der Waals surface area contributed by atoms with Crippen LogP contribution in [0.5, 0.6) is 0 Å². The highest BCUT2D eigenvalue weighted by Gasteiger charge is 2.19. The molecule has 1 atom stereocenters. The Labute approximate surface area is 425 Å². The molecule has 0 spiro atoms. The molecule has 0 bridgehead atoms. The lowest BCUT2D eigenvalue weighted by Crippen LogP contribution is -2.30. The van der Waals surface area contributed by atoms with Crippen molar-refractivity contribution in [3.63, 3.8) is 0 Å². The SMILES string of the molecule is CC/C=C\C/C=C\C/C=C\C/C=C\C/C=C\C/C=C\C/C=C\C/C=C\C/C=C\CCCC(=O)OCC(COC(=O)CCCCCCCCCCCCC)OC(=O)CCCCCCCCCCCCC. The first kappa shape index (κ1) is 65.1. The van der Waals surface area contributed by atoms with Crippen molar-refractivity contribution in [1.29, 1.82) is 0 Å². The molecule has 0 saturated carbocycles. The van der Waals surface area contributed by atoms with Crippen LogP contribution in [0.3, 0.4) is 0 Å². The van der Waals surface area contributed by atoms with E-state index >= 15 is 0 Å². The molecule has 0 saturated heterocycles. The lowest BCUT2D eigenvalue weighted by Gasteiger charge is -2.18. The van der Waals surface area contributed by atoms with Crippen molar-refractivity contribution in [2.45, 2.75) is 258 Å². The normalized spacial score (nSPS) is 12.9. The van der Waals surface area contributed by atoms with Gasteiger partial charge in [-0.1, -0.05) is 259 Å². The number of esters is 3. The number of carbonyl (C=O) groups excluding carboxylic acids is 3. The number of unbranched alkanes of at least 4 members (excludes halogenated alkanes) is 21. The predicted octanol–water partition coefficient (Wildman–Crippen LogP) is 19.1. The Balaban J connectivity index is 4.34. The van der Waals surface area contributed by atoms with E-state index in [0.29, 0.717) is 19.3 Å². The molecule has 0 aliphatic heterocycles. The first-order chi connectivity index (χ1) is 34.0. The molecule has 0 aromatic rings. The van der Waals surface area contributed by atoms with Crippen LogP contribution in [0, 0.1) is 0 Å². The van der Waals surface area contributed by atoms with Gasteiger partial charge in [-0.3, -0.25) is 14.4 Å². The van der Waals surface area contributed by atoms with E-state index in [2.05, 4.69) is 130 Å². The van der Waals surface area contributed by atoms with E-state index in [1.807, 2.05) is 0 Å². The molecule has 0 fully saturated rings. The fourth-order valence-corrected chi connectivity index (χ4v) is 7.56. The summed E-state index contributed by atoms with van der Waals surface area (Å²) >= 11 is 0. The molecule has 0 radical (unpaired) electrons. The van der Waals surface area contributed by atoms with E-state index in [4.69, 9.17) is 14.2 Å². The Morgan fingerprint density at radius 1 is 0.304 bits per heavy atom. The van der Waals surface area contributed by atoms with Gasteiger partial charge in [-0.2, -0.15) is 0 Å². The summed E-state index contributed by atoms with van der Waals surface area (Å²) in [6.45, 7) is 6.46. The maximum absolute atomic E-state index is 12.8. The summed E-state index contributed by atoms with van der Waals surface area (Å²) in [6, 6.07) is 0. The molecule has 0 aromatic carbocycles. The Morgan fingerprint density at radius 2 is 0.565 bits per heavy atom. The van der Waals surface area contributed by atoms with Crippen molar-refractivity contribution in [2.24, 2.45) is 0 Å². The third kappa shape index (κ3) is 54.9. The van der Waals surface area contributed by atoms with E-state index in [9.17, 15) is 14.4 Å². The molecule has 392 valence electrons. The largest absolute Gasteiger partial charge is 0.462 e. The second-order valence-electron chi connectivity index (χ2n) is 18.5. The second kappa shape index (κ2) is 56.7. The summed E-state index contributed by atoms with van der Waals surface area (Å²) in [4.78, 5) is 38.0. The number of hydrogen-bond donors (Lipinski definition) is 0. The zero-order chi connectivity index (χ0) is 50.0. The zero-order valence-electron chi connectivity index (χ0n) is 44.8. The van der Waals surface area contributed by atoms with Gasteiger partial charge in [0.15, 0.2) is 6.10 Å². The molecule has 69 heavy (non-hydrogen) atoms. The molecular formula is C63H104O6. The lowest BCUT2D eigenvalue weighted by molar-refractivity contribution is -0.167. The van der Waals surface area contributed by atoms with Gasteiger partial charge in [0.05, 0.1) is 0 Å². The smallest absolute Gasteiger partial charge is 0.306 e. The van der Waals surface area contributed by atoms with Crippen LogP contribution in [-0.2, 0) is 28.6 Å². The minimum atomic E-state index is -0.798. The van der Waals surface area contributed by atoms with E-state index < -0.39 is 6.10 Å². The minimum Gasteiger partial charge on any atom is -0.462 e. The summed E-state index contributed by atoms with van der Waals surface area (Å²) in [7, 11) is 0. The predicted molar refractivity (Wildman–Crippen MR) is 297 cm³/mol. The third-order valence-corrected chi connectivity index (χ3v) is 11.8. The summed E-state index contributed by atoms with van der Waals surface area (Å²) in [5.41, 5.74) is 0. The first-order valence-corrected chi connectivity index (χ1v) is 28.4. The first-order valence-electron chi connectivity index (χ1n) is 28.4. The Kier molecular flexibility index (Phi) is 53.4. The summed E-state index contributed by atoms with van der Waals surface area (Å²) in [5, 5.41) is 0. The van der Waals surface area contributed by atoms with Gasteiger partial charge in [0.2, 0.25) is 0 Å². The van der Waals surface area contributed by atoms with Crippen LogP contribution in [0.4, 0.5) is 0 Å². The Hall–Kier alpha value is -3.93. The van der Waals surface area contributed by atoms with Crippen LogP contribution >= 0.6 is 0 Å². The van der Waals surface area contributed by atoms with Crippen LogP contribution in [0.25, 0.3) is 0 Å². The maximum Gasteiger partial charge on any atom is 0.306 e. The van der Waals surface area contributed by atoms with Gasteiger partial charge >= 0.3 is 17.9 Å². The summed E-state index contributed by atoms with van der Waals surface area (Å²) in [6.07, 6.45) is 76.6. The number of ether oxygens (including phenoxy) is 3. The van der Waals surface area contributed by atoms with Crippen molar-refractivity contribution in [1.82, 2.24) is 0 Å². The van der Waals surface area contributed by atoms with Gasteiger partial charge in [0.1, 0.15) is 13.2 Å². The van der Waals surface area contributed by atoms with E-state index in [-0.39, 0.29) is 37.5 Å². The molecule has 0 aliphatic rings. The standard InChI is InChI=1S/C63H104O6/c1-4-7-10-13-16-19-22-23-24-25-26-27-28-29-30-31-32-33-34-35-36-37-38-39-42-44-47-50-53-56-62(65)68-59-60(69-63(66)57-54-51-48-45-41-21-18-15-12-9-6-3)58-67-61(64)55-52-49-46-43-40-20-17-14-11-8-5-2/h7,10,16,19,23-24,26-27,29-30,32-33,35-36,38-39,44,47,60H,4-6,8-9,11-15,17-18,20-22,25,28,31,34,37,40-43,45-46,48-59H2,1-3H3/b10-7-,19-16-,24-23-,27-26-,30-29-,33-32-,36-35-,39-38-,47-44-. The fraction of sp³-hybridized carbons (Fsp3) is 0.667. The maximum atomic E-state index is 12.8. The van der Waals surface area contributed by atoms with Crippen LogP contribution in [0.2, 0.25) is 0 Å². The van der Waals surface area contributed by atoms with Crippen LogP contribution in [-0.4, -0.2) is 37.2 Å². The van der Waals surface area contributed by atoms with Gasteiger partial charge in [-0.05, 0) is 83.5 Å². The molecule has 0 amide bonds. The van der Waals surface area contributed by atoms with Crippen molar-refractivity contribution in [3.05, 3.63) is 109 Å². The molecule has 0 rings (SSSR count). The molecule has 6 heteroatoms. The number of hydrogen-bond acceptors (Lipinski definition) is 6. The molecule has 0 heterocycles. The molecule has 0 N–H and O–H groups in total. The summed E-state index contributed by atoms with van der Waals surface area (Å²) in [5.74, 6) is -0.957. The lowest BCUT2D eigenvalue weighted by atomic mass is 10.1. The van der Waals surface area contributed by atoms with E-state index in [1.165, 1.54) is 103 Å². The molecule has 0 aromatic heterocycles. The minimum absolute atomic E-state index is 0.0936. The molecule has 0 aliphatic carbocycles. The monoisotopic (exact) mass is 957 g/mol. The molecular weight excluding hydrogens is 853 g/mol. The van der Waals surface area contributed by atoms with Crippen LogP contribution in [0.15, 0.2) is 109 Å². The van der Waals surface area contributed by atoms with Crippen molar-refractivity contribution in [3.8, 4) is 0 Å². The average Bonchev–Trinajstić information content (AvgIpc) is 3.35. The van der Waals surface area contributed by atoms with Crippen molar-refractivity contribution < 1.29 is 28.6 Å². The van der Waals surface area contributed by atoms with E-state index in [0.717, 1.165) is 103 Å². The number of allylic oxidation sites excluding steroid dienone is 18. The van der Waals surface area contributed by atoms with Gasteiger partial charge in [-0.25, -0.2) is 0 Å². The average molecular weight is 958 g/mol. The highest BCUT2D eigenvalue weighted by atomic mass is 16.6. The van der Waals surface area contributed by atoms with Crippen molar-refractivity contribution in [2.75, 3.05) is 13.2 Å². The van der Waals surface area contributed by atoms with Gasteiger partial charge in [-0.15, -0.1) is 0 Å². The van der Waals surface area contributed by atoms with Gasteiger partial charge < -0.3 is 14.2 Å². The number of carbonyl (C=O) groups is 3. The fourth-order valence-electron chi connectivity index (χ4n) is 7.56. The Morgan fingerprint density at radius 3 is 0.884 bits per heavy atom. The van der Waals surface area contributed by atoms with Gasteiger partial charge in [0, 0.05) is 19.3 Å². The quantitative estimate of drug-likeness (QED) is 0.0262. The highest BCUT2D eigenvalue weighted by molar-refractivity contribution is 5.71. The summed E-state index contributed by atoms with van der Waals surface area (Å²) < 4.78 is 16.7. The number of rotatable bonds is 50. The topological polar surface area (TPSA) is 78.9 Å².